The van der Waals surface area contributed by atoms with Crippen LogP contribution in [0.25, 0.3) is 0 Å². The maximum absolute atomic E-state index is 5.76. The third-order valence-corrected chi connectivity index (χ3v) is 2.98. The Labute approximate surface area is 92.8 Å². The van der Waals surface area contributed by atoms with Gasteiger partial charge in [-0.25, -0.2) is 9.97 Å². The monoisotopic (exact) mass is 231 g/mol. The van der Waals surface area contributed by atoms with E-state index in [0.29, 0.717) is 22.9 Å². The summed E-state index contributed by atoms with van der Waals surface area (Å²) in [7, 11) is 0. The van der Waals surface area contributed by atoms with Gasteiger partial charge in [0.1, 0.15) is 11.0 Å². The van der Waals surface area contributed by atoms with Gasteiger partial charge in [0.15, 0.2) is 0 Å². The van der Waals surface area contributed by atoms with Crippen LogP contribution in [0.5, 0.6) is 0 Å². The van der Waals surface area contributed by atoms with E-state index in [1.54, 1.807) is 6.07 Å². The molecule has 1 aliphatic carbocycles. The lowest BCUT2D eigenvalue weighted by atomic mass is 9.81. The van der Waals surface area contributed by atoms with Gasteiger partial charge in [-0.2, -0.15) is 0 Å². The topological polar surface area (TPSA) is 37.8 Å². The van der Waals surface area contributed by atoms with Crippen LogP contribution in [-0.4, -0.2) is 16.0 Å². The normalized spacial score (nSPS) is 25.6. The summed E-state index contributed by atoms with van der Waals surface area (Å²) >= 11 is 11.4. The van der Waals surface area contributed by atoms with Crippen molar-refractivity contribution >= 4 is 29.0 Å². The molecule has 0 radical (unpaired) electrons. The number of hydrogen-bond acceptors (Lipinski definition) is 3. The van der Waals surface area contributed by atoms with Crippen molar-refractivity contribution in [2.45, 2.75) is 25.8 Å². The number of halogens is 2. The molecule has 3 nitrogen and oxygen atoms in total. The molecule has 1 aromatic heterocycles. The van der Waals surface area contributed by atoms with Crippen LogP contribution in [0.2, 0.25) is 10.4 Å². The molecule has 5 heteroatoms. The lowest BCUT2D eigenvalue weighted by Crippen LogP contribution is -2.36. The minimum Gasteiger partial charge on any atom is -0.367 e. The summed E-state index contributed by atoms with van der Waals surface area (Å²) in [4.78, 5) is 7.83. The molecule has 0 spiro atoms. The zero-order valence-corrected chi connectivity index (χ0v) is 9.31. The molecule has 0 aromatic carbocycles. The molecule has 0 aliphatic heterocycles. The zero-order valence-electron chi connectivity index (χ0n) is 7.80. The molecule has 1 N–H and O–H groups in total. The highest BCUT2D eigenvalue weighted by Crippen LogP contribution is 2.29. The van der Waals surface area contributed by atoms with E-state index in [0.717, 1.165) is 0 Å². The van der Waals surface area contributed by atoms with Crippen LogP contribution >= 0.6 is 23.2 Å². The van der Waals surface area contributed by atoms with Crippen molar-refractivity contribution in [1.82, 2.24) is 9.97 Å². The summed E-state index contributed by atoms with van der Waals surface area (Å²) in [6, 6.07) is 2.19. The number of anilines is 1. The Hall–Kier alpha value is -0.540. The van der Waals surface area contributed by atoms with Gasteiger partial charge in [0.25, 0.3) is 0 Å². The van der Waals surface area contributed by atoms with E-state index in [2.05, 4.69) is 22.2 Å². The van der Waals surface area contributed by atoms with Crippen LogP contribution in [-0.2, 0) is 0 Å². The van der Waals surface area contributed by atoms with E-state index in [9.17, 15) is 0 Å². The smallest absolute Gasteiger partial charge is 0.225 e. The number of hydrogen-bond donors (Lipinski definition) is 1. The first kappa shape index (κ1) is 9.99. The van der Waals surface area contributed by atoms with Crippen molar-refractivity contribution in [3.63, 3.8) is 0 Å². The highest BCUT2D eigenvalue weighted by Gasteiger charge is 2.26. The molecular formula is C9H11Cl2N3. The van der Waals surface area contributed by atoms with Gasteiger partial charge < -0.3 is 5.32 Å². The van der Waals surface area contributed by atoms with E-state index >= 15 is 0 Å². The van der Waals surface area contributed by atoms with Gasteiger partial charge in [-0.15, -0.1) is 0 Å². The average Bonchev–Trinajstić information content (AvgIpc) is 2.10. The van der Waals surface area contributed by atoms with E-state index < -0.39 is 0 Å². The van der Waals surface area contributed by atoms with Crippen molar-refractivity contribution in [1.29, 1.82) is 0 Å². The largest absolute Gasteiger partial charge is 0.367 e. The van der Waals surface area contributed by atoms with Gasteiger partial charge in [-0.05, 0) is 30.4 Å². The Morgan fingerprint density at radius 3 is 2.64 bits per heavy atom. The van der Waals surface area contributed by atoms with Gasteiger partial charge in [-0.3, -0.25) is 0 Å². The SMILES string of the molecule is CC1CCC1Nc1cc(Cl)nc(Cl)n1. The van der Waals surface area contributed by atoms with Crippen molar-refractivity contribution in [3.8, 4) is 0 Å². The fourth-order valence-electron chi connectivity index (χ4n) is 1.53. The lowest BCUT2D eigenvalue weighted by molar-refractivity contribution is 0.303. The number of nitrogens with one attached hydrogen (secondary N) is 1. The average molecular weight is 232 g/mol. The summed E-state index contributed by atoms with van der Waals surface area (Å²) in [5.74, 6) is 1.41. The van der Waals surface area contributed by atoms with Gasteiger partial charge in [0.05, 0.1) is 0 Å². The van der Waals surface area contributed by atoms with Crippen molar-refractivity contribution in [2.24, 2.45) is 5.92 Å². The van der Waals surface area contributed by atoms with Crippen LogP contribution in [0.1, 0.15) is 19.8 Å². The minimum atomic E-state index is 0.187. The molecule has 0 saturated heterocycles. The summed E-state index contributed by atoms with van der Waals surface area (Å²) in [6.45, 7) is 2.21. The second kappa shape index (κ2) is 3.91. The Morgan fingerprint density at radius 1 is 1.36 bits per heavy atom. The second-order valence-electron chi connectivity index (χ2n) is 3.65. The van der Waals surface area contributed by atoms with E-state index in [1.807, 2.05) is 0 Å². The Bertz CT molecular complexity index is 323. The van der Waals surface area contributed by atoms with Crippen LogP contribution in [0, 0.1) is 5.92 Å². The number of aromatic nitrogens is 2. The first-order valence-electron chi connectivity index (χ1n) is 4.62. The van der Waals surface area contributed by atoms with Gasteiger partial charge in [0, 0.05) is 12.1 Å². The Morgan fingerprint density at radius 2 is 2.14 bits per heavy atom. The molecule has 2 unspecified atom stereocenters. The molecule has 0 bridgehead atoms. The molecular weight excluding hydrogens is 221 g/mol. The minimum absolute atomic E-state index is 0.187. The molecule has 0 amide bonds. The Balaban J connectivity index is 2.08. The van der Waals surface area contributed by atoms with Crippen molar-refractivity contribution < 1.29 is 0 Å². The molecule has 1 heterocycles. The predicted octanol–water partition coefficient (Wildman–Crippen LogP) is 2.99. The lowest BCUT2D eigenvalue weighted by Gasteiger charge is -2.34. The highest BCUT2D eigenvalue weighted by atomic mass is 35.5. The maximum Gasteiger partial charge on any atom is 0.225 e. The van der Waals surface area contributed by atoms with Gasteiger partial charge in [0.2, 0.25) is 5.28 Å². The molecule has 1 aromatic rings. The van der Waals surface area contributed by atoms with Gasteiger partial charge >= 0.3 is 0 Å². The van der Waals surface area contributed by atoms with E-state index in [4.69, 9.17) is 23.2 Å². The third kappa shape index (κ3) is 2.10. The molecule has 1 aliphatic rings. The van der Waals surface area contributed by atoms with Gasteiger partial charge in [-0.1, -0.05) is 18.5 Å². The third-order valence-electron chi connectivity index (χ3n) is 2.62. The fraction of sp³-hybridized carbons (Fsp3) is 0.556. The molecule has 2 atom stereocenters. The number of nitrogens with zero attached hydrogens (tertiary/aromatic N) is 2. The summed E-state index contributed by atoms with van der Waals surface area (Å²) in [6.07, 6.45) is 2.45. The first-order chi connectivity index (χ1) is 6.65. The van der Waals surface area contributed by atoms with Crippen molar-refractivity contribution in [2.75, 3.05) is 5.32 Å². The molecule has 2 rings (SSSR count). The van der Waals surface area contributed by atoms with E-state index in [1.165, 1.54) is 12.8 Å². The highest BCUT2D eigenvalue weighted by molar-refractivity contribution is 6.32. The van der Waals surface area contributed by atoms with E-state index in [-0.39, 0.29) is 5.28 Å². The first-order valence-corrected chi connectivity index (χ1v) is 5.37. The standard InChI is InChI=1S/C9H11Cl2N3/c1-5-2-3-6(5)12-8-4-7(10)13-9(11)14-8/h4-6H,2-3H2,1H3,(H,12,13,14). The Kier molecular flexibility index (Phi) is 2.79. The maximum atomic E-state index is 5.76. The molecule has 1 fully saturated rings. The van der Waals surface area contributed by atoms with Crippen LogP contribution in [0.3, 0.4) is 0 Å². The van der Waals surface area contributed by atoms with Crippen LogP contribution in [0.4, 0.5) is 5.82 Å². The molecule has 1 saturated carbocycles. The predicted molar refractivity (Wildman–Crippen MR) is 57.9 cm³/mol. The molecule has 76 valence electrons. The summed E-state index contributed by atoms with van der Waals surface area (Å²) in [5, 5.41) is 3.85. The fourth-order valence-corrected chi connectivity index (χ4v) is 1.94. The zero-order chi connectivity index (χ0) is 10.1. The molecule has 14 heavy (non-hydrogen) atoms. The number of rotatable bonds is 2. The second-order valence-corrected chi connectivity index (χ2v) is 4.38. The van der Waals surface area contributed by atoms with Crippen LogP contribution in [0.15, 0.2) is 6.07 Å². The summed E-state index contributed by atoms with van der Waals surface area (Å²) < 4.78 is 0. The quantitative estimate of drug-likeness (QED) is 0.629. The van der Waals surface area contributed by atoms with Crippen molar-refractivity contribution in [3.05, 3.63) is 16.5 Å². The van der Waals surface area contributed by atoms with Crippen LogP contribution < -0.4 is 5.32 Å². The summed E-state index contributed by atoms with van der Waals surface area (Å²) in [5.41, 5.74) is 0.